The predicted octanol–water partition coefficient (Wildman–Crippen LogP) is 2.24. The fourth-order valence-electron chi connectivity index (χ4n) is 1.94. The Morgan fingerprint density at radius 2 is 2.18 bits per heavy atom. The molecule has 3 rings (SSSR count). The average Bonchev–Trinajstić information content (AvgIpc) is 2.73. The summed E-state index contributed by atoms with van der Waals surface area (Å²) in [4.78, 5) is 4.33. The number of hydrogen-bond acceptors (Lipinski definition) is 3. The zero-order chi connectivity index (χ0) is 11.7. The van der Waals surface area contributed by atoms with Crippen LogP contribution in [0.3, 0.4) is 0 Å². The molecule has 0 unspecified atom stereocenters. The van der Waals surface area contributed by atoms with E-state index in [-0.39, 0.29) is 5.82 Å². The van der Waals surface area contributed by atoms with Crippen LogP contribution in [0, 0.1) is 11.7 Å². The van der Waals surface area contributed by atoms with Crippen molar-refractivity contribution in [2.45, 2.75) is 6.42 Å². The van der Waals surface area contributed by atoms with Crippen LogP contribution < -0.4 is 5.32 Å². The largest absolute Gasteiger partial charge is 0.448 e. The van der Waals surface area contributed by atoms with Gasteiger partial charge in [0.05, 0.1) is 0 Å². The number of nitrogens with one attached hydrogen (secondary N) is 1. The minimum Gasteiger partial charge on any atom is -0.448 e. The molecule has 2 heterocycles. The Balaban J connectivity index is 1.82. The Hall–Kier alpha value is -1.68. The Morgan fingerprint density at radius 3 is 2.88 bits per heavy atom. The van der Waals surface area contributed by atoms with Gasteiger partial charge in [0.2, 0.25) is 0 Å². The van der Waals surface area contributed by atoms with Gasteiger partial charge in [-0.1, -0.05) is 12.1 Å². The van der Waals surface area contributed by atoms with Crippen molar-refractivity contribution in [3.63, 3.8) is 0 Å². The van der Waals surface area contributed by atoms with Crippen molar-refractivity contribution in [1.29, 1.82) is 0 Å². The Labute approximate surface area is 98.7 Å². The molecule has 88 valence electrons. The van der Waals surface area contributed by atoms with Crippen LogP contribution in [0.2, 0.25) is 0 Å². The van der Waals surface area contributed by atoms with E-state index < -0.39 is 0 Å². The second-order valence-electron chi connectivity index (χ2n) is 4.33. The lowest BCUT2D eigenvalue weighted by Crippen LogP contribution is -2.43. The molecule has 0 aliphatic carbocycles. The minimum atomic E-state index is -0.266. The van der Waals surface area contributed by atoms with Crippen molar-refractivity contribution in [2.75, 3.05) is 13.1 Å². The molecule has 1 aliphatic heterocycles. The third-order valence-corrected chi connectivity index (χ3v) is 3.03. The number of oxazole rings is 1. The van der Waals surface area contributed by atoms with Gasteiger partial charge in [0, 0.05) is 12.0 Å². The second-order valence-corrected chi connectivity index (χ2v) is 4.33. The van der Waals surface area contributed by atoms with Crippen LogP contribution >= 0.6 is 0 Å². The van der Waals surface area contributed by atoms with Crippen molar-refractivity contribution in [2.24, 2.45) is 5.92 Å². The standard InChI is InChI=1S/C13H13FN2O/c14-11-4-2-1-3-10(11)12-8-17-13(16-12)5-9-6-15-7-9/h1-4,8-9,15H,5-7H2. The third kappa shape index (κ3) is 2.08. The van der Waals surface area contributed by atoms with Gasteiger partial charge in [-0.15, -0.1) is 0 Å². The van der Waals surface area contributed by atoms with Crippen molar-refractivity contribution < 1.29 is 8.81 Å². The monoisotopic (exact) mass is 232 g/mol. The number of rotatable bonds is 3. The average molecular weight is 232 g/mol. The van der Waals surface area contributed by atoms with Gasteiger partial charge in [-0.3, -0.25) is 0 Å². The van der Waals surface area contributed by atoms with Gasteiger partial charge in [0.15, 0.2) is 5.89 Å². The summed E-state index contributed by atoms with van der Waals surface area (Å²) >= 11 is 0. The lowest BCUT2D eigenvalue weighted by molar-refractivity contribution is 0.318. The van der Waals surface area contributed by atoms with Crippen LogP contribution in [0.15, 0.2) is 34.9 Å². The first kappa shape index (κ1) is 10.5. The molecule has 1 fully saturated rings. The maximum Gasteiger partial charge on any atom is 0.194 e. The molecule has 2 aromatic rings. The maximum absolute atomic E-state index is 13.5. The fraction of sp³-hybridized carbons (Fsp3) is 0.308. The Bertz CT molecular complexity index is 520. The van der Waals surface area contributed by atoms with Crippen LogP contribution in [0.25, 0.3) is 11.3 Å². The van der Waals surface area contributed by atoms with E-state index in [1.54, 1.807) is 18.2 Å². The minimum absolute atomic E-state index is 0.266. The van der Waals surface area contributed by atoms with Crippen molar-refractivity contribution >= 4 is 0 Å². The highest BCUT2D eigenvalue weighted by molar-refractivity contribution is 5.58. The van der Waals surface area contributed by atoms with Gasteiger partial charge in [0.1, 0.15) is 17.8 Å². The van der Waals surface area contributed by atoms with Crippen LogP contribution in [-0.2, 0) is 6.42 Å². The summed E-state index contributed by atoms with van der Waals surface area (Å²) < 4.78 is 18.9. The lowest BCUT2D eigenvalue weighted by atomic mass is 10.00. The highest BCUT2D eigenvalue weighted by atomic mass is 19.1. The molecule has 0 radical (unpaired) electrons. The number of halogens is 1. The zero-order valence-electron chi connectivity index (χ0n) is 9.32. The van der Waals surface area contributed by atoms with Crippen molar-refractivity contribution in [3.05, 3.63) is 42.2 Å². The third-order valence-electron chi connectivity index (χ3n) is 3.03. The molecule has 0 bridgehead atoms. The van der Waals surface area contributed by atoms with Gasteiger partial charge in [0.25, 0.3) is 0 Å². The first-order valence-corrected chi connectivity index (χ1v) is 5.73. The zero-order valence-corrected chi connectivity index (χ0v) is 9.32. The molecule has 1 aromatic heterocycles. The van der Waals surface area contributed by atoms with E-state index >= 15 is 0 Å². The Morgan fingerprint density at radius 1 is 1.35 bits per heavy atom. The molecule has 17 heavy (non-hydrogen) atoms. The lowest BCUT2D eigenvalue weighted by Gasteiger charge is -2.25. The van der Waals surface area contributed by atoms with Gasteiger partial charge in [-0.25, -0.2) is 9.37 Å². The summed E-state index contributed by atoms with van der Waals surface area (Å²) in [5, 5.41) is 3.20. The van der Waals surface area contributed by atoms with E-state index in [0.717, 1.165) is 19.5 Å². The fourth-order valence-corrected chi connectivity index (χ4v) is 1.94. The molecule has 0 amide bonds. The summed E-state index contributed by atoms with van der Waals surface area (Å²) in [6.07, 6.45) is 2.35. The predicted molar refractivity (Wildman–Crippen MR) is 62.0 cm³/mol. The molecule has 3 nitrogen and oxygen atoms in total. The molecule has 1 aliphatic rings. The molecule has 1 saturated heterocycles. The summed E-state index contributed by atoms with van der Waals surface area (Å²) in [6, 6.07) is 6.60. The molecular formula is C13H13FN2O. The normalized spacial score (nSPS) is 15.8. The van der Waals surface area contributed by atoms with Gasteiger partial charge < -0.3 is 9.73 Å². The summed E-state index contributed by atoms with van der Waals surface area (Å²) in [5.41, 5.74) is 1.07. The molecule has 0 atom stereocenters. The van der Waals surface area contributed by atoms with E-state index in [0.29, 0.717) is 23.1 Å². The molecule has 0 spiro atoms. The number of aromatic nitrogens is 1. The first-order chi connectivity index (χ1) is 8.33. The van der Waals surface area contributed by atoms with Crippen LogP contribution in [-0.4, -0.2) is 18.1 Å². The number of benzene rings is 1. The van der Waals surface area contributed by atoms with Gasteiger partial charge in [-0.05, 0) is 31.1 Å². The SMILES string of the molecule is Fc1ccccc1-c1coc(CC2CNC2)n1. The van der Waals surface area contributed by atoms with E-state index in [1.807, 2.05) is 0 Å². The van der Waals surface area contributed by atoms with Crippen molar-refractivity contribution in [1.82, 2.24) is 10.3 Å². The Kier molecular flexibility index (Phi) is 2.65. The highest BCUT2D eigenvalue weighted by Gasteiger charge is 2.20. The summed E-state index contributed by atoms with van der Waals surface area (Å²) in [6.45, 7) is 2.02. The van der Waals surface area contributed by atoms with E-state index in [1.165, 1.54) is 12.3 Å². The topological polar surface area (TPSA) is 38.1 Å². The van der Waals surface area contributed by atoms with E-state index in [4.69, 9.17) is 4.42 Å². The van der Waals surface area contributed by atoms with E-state index in [9.17, 15) is 4.39 Å². The molecule has 4 heteroatoms. The molecule has 0 saturated carbocycles. The van der Waals surface area contributed by atoms with E-state index in [2.05, 4.69) is 10.3 Å². The summed E-state index contributed by atoms with van der Waals surface area (Å²) in [5.74, 6) is 1.02. The highest BCUT2D eigenvalue weighted by Crippen LogP contribution is 2.23. The van der Waals surface area contributed by atoms with Gasteiger partial charge in [-0.2, -0.15) is 0 Å². The van der Waals surface area contributed by atoms with Crippen molar-refractivity contribution in [3.8, 4) is 11.3 Å². The smallest absolute Gasteiger partial charge is 0.194 e. The quantitative estimate of drug-likeness (QED) is 0.882. The first-order valence-electron chi connectivity index (χ1n) is 5.73. The molecular weight excluding hydrogens is 219 g/mol. The maximum atomic E-state index is 13.5. The van der Waals surface area contributed by atoms with Crippen LogP contribution in [0.1, 0.15) is 5.89 Å². The van der Waals surface area contributed by atoms with Crippen LogP contribution in [0.4, 0.5) is 4.39 Å². The second kappa shape index (κ2) is 4.30. The molecule has 1 N–H and O–H groups in total. The molecule has 1 aromatic carbocycles. The number of nitrogens with zero attached hydrogens (tertiary/aromatic N) is 1. The number of hydrogen-bond donors (Lipinski definition) is 1. The summed E-state index contributed by atoms with van der Waals surface area (Å²) in [7, 11) is 0. The van der Waals surface area contributed by atoms with Gasteiger partial charge >= 0.3 is 0 Å². The van der Waals surface area contributed by atoms with Crippen LogP contribution in [0.5, 0.6) is 0 Å².